The lowest BCUT2D eigenvalue weighted by molar-refractivity contribution is -0.122. The van der Waals surface area contributed by atoms with Crippen molar-refractivity contribution in [1.82, 2.24) is 10.2 Å². The van der Waals surface area contributed by atoms with E-state index in [1.54, 1.807) is 24.3 Å². The third-order valence-corrected chi connectivity index (χ3v) is 4.44. The van der Waals surface area contributed by atoms with Gasteiger partial charge in [-0.2, -0.15) is 0 Å². The Balaban J connectivity index is 1.79. The molecular weight excluding hydrogens is 406 g/mol. The highest BCUT2D eigenvalue weighted by atomic mass is 35.5. The maximum absolute atomic E-state index is 13.3. The minimum atomic E-state index is -0.525. The molecule has 2 aromatic carbocycles. The van der Waals surface area contributed by atoms with Crippen LogP contribution in [0.25, 0.3) is 6.08 Å². The molecule has 28 heavy (non-hydrogen) atoms. The van der Waals surface area contributed by atoms with Crippen LogP contribution in [-0.2, 0) is 11.4 Å². The summed E-state index contributed by atoms with van der Waals surface area (Å²) in [6, 6.07) is 8.56. The standard InChI is InChI=1S/C20H15Cl2FN2O3/c1-2-6-25-19(26)17(24-20(25)27)10-13-8-15(21)18(16(22)9-13)28-11-12-4-3-5-14(23)7-12/h2-5,7-10H,1,6,11H2,(H,24,27)/b17-10+. The average Bonchev–Trinajstić information content (AvgIpc) is 2.89. The van der Waals surface area contributed by atoms with E-state index in [1.165, 1.54) is 24.3 Å². The molecule has 0 aliphatic carbocycles. The topological polar surface area (TPSA) is 58.6 Å². The number of urea groups is 1. The number of benzene rings is 2. The molecule has 1 aliphatic rings. The largest absolute Gasteiger partial charge is 0.486 e. The molecule has 1 aliphatic heterocycles. The molecule has 1 fully saturated rings. The summed E-state index contributed by atoms with van der Waals surface area (Å²) in [5.41, 5.74) is 1.24. The maximum atomic E-state index is 13.3. The number of carbonyl (C=O) groups excluding carboxylic acids is 2. The Kier molecular flexibility index (Phi) is 6.02. The number of hydrogen-bond acceptors (Lipinski definition) is 3. The third kappa shape index (κ3) is 4.35. The molecule has 3 rings (SSSR count). The molecule has 2 aromatic rings. The Labute approximate surface area is 171 Å². The second-order valence-electron chi connectivity index (χ2n) is 5.92. The lowest BCUT2D eigenvalue weighted by Crippen LogP contribution is -2.30. The Morgan fingerprint density at radius 3 is 2.54 bits per heavy atom. The van der Waals surface area contributed by atoms with Crippen molar-refractivity contribution in [3.8, 4) is 5.75 Å². The maximum Gasteiger partial charge on any atom is 0.329 e. The fourth-order valence-electron chi connectivity index (χ4n) is 2.62. The van der Waals surface area contributed by atoms with Crippen LogP contribution in [0.2, 0.25) is 10.0 Å². The van der Waals surface area contributed by atoms with E-state index in [4.69, 9.17) is 27.9 Å². The molecule has 0 bridgehead atoms. The van der Waals surface area contributed by atoms with Crippen molar-refractivity contribution in [1.29, 1.82) is 0 Å². The van der Waals surface area contributed by atoms with Crippen molar-refractivity contribution < 1.29 is 18.7 Å². The smallest absolute Gasteiger partial charge is 0.329 e. The summed E-state index contributed by atoms with van der Waals surface area (Å²) in [6.07, 6.45) is 2.93. The lowest BCUT2D eigenvalue weighted by atomic mass is 10.1. The Morgan fingerprint density at radius 2 is 1.89 bits per heavy atom. The summed E-state index contributed by atoms with van der Waals surface area (Å²) in [5, 5.41) is 2.93. The zero-order chi connectivity index (χ0) is 20.3. The SMILES string of the molecule is C=CCN1C(=O)N/C(=C/c2cc(Cl)c(OCc3cccc(F)c3)c(Cl)c2)C1=O. The number of ether oxygens (including phenoxy) is 1. The number of carbonyl (C=O) groups is 2. The van der Waals surface area contributed by atoms with Gasteiger partial charge in [-0.15, -0.1) is 6.58 Å². The summed E-state index contributed by atoms with van der Waals surface area (Å²) >= 11 is 12.5. The Bertz CT molecular complexity index is 968. The minimum absolute atomic E-state index is 0.0860. The van der Waals surface area contributed by atoms with E-state index in [0.29, 0.717) is 11.1 Å². The number of imide groups is 1. The van der Waals surface area contributed by atoms with Crippen molar-refractivity contribution in [3.63, 3.8) is 0 Å². The zero-order valence-electron chi connectivity index (χ0n) is 14.5. The van der Waals surface area contributed by atoms with Crippen molar-refractivity contribution in [2.75, 3.05) is 6.54 Å². The first kappa shape index (κ1) is 19.9. The Morgan fingerprint density at radius 1 is 1.18 bits per heavy atom. The van der Waals surface area contributed by atoms with E-state index in [1.807, 2.05) is 0 Å². The third-order valence-electron chi connectivity index (χ3n) is 3.88. The van der Waals surface area contributed by atoms with Gasteiger partial charge in [-0.25, -0.2) is 9.18 Å². The molecule has 1 heterocycles. The van der Waals surface area contributed by atoms with Crippen molar-refractivity contribution in [3.05, 3.63) is 81.7 Å². The number of hydrogen-bond donors (Lipinski definition) is 1. The first-order valence-electron chi connectivity index (χ1n) is 8.20. The van der Waals surface area contributed by atoms with Gasteiger partial charge >= 0.3 is 6.03 Å². The fraction of sp³-hybridized carbons (Fsp3) is 0.100. The Hall–Kier alpha value is -2.83. The van der Waals surface area contributed by atoms with Crippen molar-refractivity contribution >= 4 is 41.2 Å². The number of nitrogens with one attached hydrogen (secondary N) is 1. The van der Waals surface area contributed by atoms with E-state index in [0.717, 1.165) is 4.90 Å². The van der Waals surface area contributed by atoms with Gasteiger partial charge in [-0.05, 0) is 41.5 Å². The molecule has 0 spiro atoms. The molecule has 0 unspecified atom stereocenters. The highest BCUT2D eigenvalue weighted by Crippen LogP contribution is 2.35. The summed E-state index contributed by atoms with van der Waals surface area (Å²) < 4.78 is 18.9. The first-order valence-corrected chi connectivity index (χ1v) is 8.96. The van der Waals surface area contributed by atoms with E-state index in [9.17, 15) is 14.0 Å². The van der Waals surface area contributed by atoms with Crippen LogP contribution < -0.4 is 10.1 Å². The minimum Gasteiger partial charge on any atom is -0.486 e. The number of rotatable bonds is 6. The molecule has 0 atom stereocenters. The van der Waals surface area contributed by atoms with Crippen LogP contribution >= 0.6 is 23.2 Å². The summed E-state index contributed by atoms with van der Waals surface area (Å²) in [6.45, 7) is 3.71. The molecule has 0 aromatic heterocycles. The van der Waals surface area contributed by atoms with Crippen LogP contribution in [0.4, 0.5) is 9.18 Å². The monoisotopic (exact) mass is 420 g/mol. The van der Waals surface area contributed by atoms with Gasteiger partial charge in [0.25, 0.3) is 5.91 Å². The molecule has 1 N–H and O–H groups in total. The summed E-state index contributed by atoms with van der Waals surface area (Å²) in [7, 11) is 0. The summed E-state index contributed by atoms with van der Waals surface area (Å²) in [4.78, 5) is 25.1. The van der Waals surface area contributed by atoms with E-state index in [-0.39, 0.29) is 40.5 Å². The van der Waals surface area contributed by atoms with Crippen LogP contribution in [0.3, 0.4) is 0 Å². The fourth-order valence-corrected chi connectivity index (χ4v) is 3.23. The van der Waals surface area contributed by atoms with Crippen molar-refractivity contribution in [2.24, 2.45) is 0 Å². The number of amides is 3. The quantitative estimate of drug-likeness (QED) is 0.415. The molecule has 5 nitrogen and oxygen atoms in total. The normalized spacial score (nSPS) is 15.1. The van der Waals surface area contributed by atoms with Gasteiger partial charge in [0.1, 0.15) is 18.1 Å². The molecule has 3 amide bonds. The predicted molar refractivity (Wildman–Crippen MR) is 106 cm³/mol. The van der Waals surface area contributed by atoms with Gasteiger partial charge in [-0.1, -0.05) is 41.4 Å². The molecule has 0 saturated carbocycles. The second-order valence-corrected chi connectivity index (χ2v) is 6.74. The number of halogens is 3. The second kappa shape index (κ2) is 8.46. The zero-order valence-corrected chi connectivity index (χ0v) is 16.1. The first-order chi connectivity index (χ1) is 13.4. The van der Waals surface area contributed by atoms with Crippen LogP contribution in [0.5, 0.6) is 5.75 Å². The highest BCUT2D eigenvalue weighted by molar-refractivity contribution is 6.37. The van der Waals surface area contributed by atoms with Crippen LogP contribution in [0.15, 0.2) is 54.8 Å². The number of nitrogens with zero attached hydrogens (tertiary/aromatic N) is 1. The van der Waals surface area contributed by atoms with E-state index < -0.39 is 11.9 Å². The van der Waals surface area contributed by atoms with Gasteiger partial charge in [0.05, 0.1) is 10.0 Å². The average molecular weight is 421 g/mol. The van der Waals surface area contributed by atoms with Gasteiger partial charge in [-0.3, -0.25) is 9.69 Å². The van der Waals surface area contributed by atoms with Gasteiger partial charge in [0.15, 0.2) is 5.75 Å². The van der Waals surface area contributed by atoms with Crippen LogP contribution in [0, 0.1) is 5.82 Å². The molecule has 144 valence electrons. The lowest BCUT2D eigenvalue weighted by Gasteiger charge is -2.11. The van der Waals surface area contributed by atoms with Crippen molar-refractivity contribution in [2.45, 2.75) is 6.61 Å². The molecular formula is C20H15Cl2FN2O3. The van der Waals surface area contributed by atoms with Gasteiger partial charge < -0.3 is 10.1 Å². The van der Waals surface area contributed by atoms with E-state index in [2.05, 4.69) is 11.9 Å². The van der Waals surface area contributed by atoms with E-state index >= 15 is 0 Å². The van der Waals surface area contributed by atoms with Gasteiger partial charge in [0, 0.05) is 6.54 Å². The highest BCUT2D eigenvalue weighted by Gasteiger charge is 2.32. The predicted octanol–water partition coefficient (Wildman–Crippen LogP) is 4.79. The summed E-state index contributed by atoms with van der Waals surface area (Å²) in [5.74, 6) is -0.595. The molecule has 1 saturated heterocycles. The van der Waals surface area contributed by atoms with Gasteiger partial charge in [0.2, 0.25) is 0 Å². The molecule has 8 heteroatoms. The molecule has 0 radical (unpaired) electrons. The van der Waals surface area contributed by atoms with Crippen LogP contribution in [0.1, 0.15) is 11.1 Å². The van der Waals surface area contributed by atoms with Crippen LogP contribution in [-0.4, -0.2) is 23.4 Å².